The fourth-order valence-corrected chi connectivity index (χ4v) is 3.98. The van der Waals surface area contributed by atoms with Gasteiger partial charge in [-0.25, -0.2) is 4.39 Å². The molecule has 2 fully saturated rings. The van der Waals surface area contributed by atoms with Crippen LogP contribution in [0.1, 0.15) is 43.6 Å². The minimum Gasteiger partial charge on any atom is -0.296 e. The highest BCUT2D eigenvalue weighted by atomic mass is 35.5. The minimum absolute atomic E-state index is 0.215. The van der Waals surface area contributed by atoms with Crippen LogP contribution >= 0.6 is 11.6 Å². The molecule has 0 spiro atoms. The smallest absolute Gasteiger partial charge is 0.230 e. The van der Waals surface area contributed by atoms with Crippen LogP contribution in [-0.2, 0) is 9.59 Å². The maximum Gasteiger partial charge on any atom is 0.230 e. The molecule has 3 nitrogen and oxygen atoms in total. The fraction of sp³-hybridized carbons (Fsp3) is 0.500. The van der Waals surface area contributed by atoms with Gasteiger partial charge >= 0.3 is 0 Å². The Hall–Kier alpha value is -1.42. The highest BCUT2D eigenvalue weighted by Gasteiger charge is 2.42. The Bertz CT molecular complexity index is 563. The second-order valence-electron chi connectivity index (χ2n) is 6.00. The van der Waals surface area contributed by atoms with Crippen molar-refractivity contribution in [2.45, 2.75) is 38.0 Å². The predicted octanol–water partition coefficient (Wildman–Crippen LogP) is 3.42. The van der Waals surface area contributed by atoms with Crippen molar-refractivity contribution in [3.05, 3.63) is 34.6 Å². The van der Waals surface area contributed by atoms with E-state index in [0.29, 0.717) is 10.6 Å². The van der Waals surface area contributed by atoms with Gasteiger partial charge < -0.3 is 0 Å². The summed E-state index contributed by atoms with van der Waals surface area (Å²) in [5.74, 6) is -1.21. The van der Waals surface area contributed by atoms with E-state index in [-0.39, 0.29) is 36.0 Å². The Labute approximate surface area is 127 Å². The SMILES string of the molecule is O=C1CC(c2cc(F)cc(Cl)c2)C(C2CCCC2)C(=O)N1. The summed E-state index contributed by atoms with van der Waals surface area (Å²) in [5.41, 5.74) is 0.653. The summed E-state index contributed by atoms with van der Waals surface area (Å²) in [4.78, 5) is 24.0. The van der Waals surface area contributed by atoms with E-state index in [2.05, 4.69) is 5.32 Å². The van der Waals surface area contributed by atoms with E-state index >= 15 is 0 Å². The van der Waals surface area contributed by atoms with Crippen LogP contribution in [0.25, 0.3) is 0 Å². The molecule has 2 aliphatic rings. The van der Waals surface area contributed by atoms with E-state index < -0.39 is 5.82 Å². The molecule has 0 aromatic heterocycles. The molecule has 1 aliphatic carbocycles. The number of amides is 2. The number of halogens is 2. The van der Waals surface area contributed by atoms with E-state index in [1.165, 1.54) is 12.1 Å². The van der Waals surface area contributed by atoms with Crippen molar-refractivity contribution >= 4 is 23.4 Å². The van der Waals surface area contributed by atoms with Gasteiger partial charge in [0.2, 0.25) is 11.8 Å². The minimum atomic E-state index is -0.430. The second kappa shape index (κ2) is 5.76. The van der Waals surface area contributed by atoms with Crippen molar-refractivity contribution in [3.8, 4) is 0 Å². The molecule has 1 aromatic rings. The molecule has 0 radical (unpaired) electrons. The molecule has 2 amide bonds. The Balaban J connectivity index is 1.97. The van der Waals surface area contributed by atoms with Gasteiger partial charge in [-0.1, -0.05) is 24.4 Å². The monoisotopic (exact) mass is 309 g/mol. The lowest BCUT2D eigenvalue weighted by molar-refractivity contribution is -0.138. The van der Waals surface area contributed by atoms with E-state index in [4.69, 9.17) is 11.6 Å². The fourth-order valence-electron chi connectivity index (χ4n) is 3.75. The normalized spacial score (nSPS) is 27.0. The van der Waals surface area contributed by atoms with Crippen LogP contribution in [0.3, 0.4) is 0 Å². The number of carbonyl (C=O) groups is 2. The number of rotatable bonds is 2. The summed E-state index contributed by atoms with van der Waals surface area (Å²) >= 11 is 5.92. The molecule has 21 heavy (non-hydrogen) atoms. The number of hydrogen-bond acceptors (Lipinski definition) is 2. The summed E-state index contributed by atoms with van der Waals surface area (Å²) in [6, 6.07) is 4.30. The van der Waals surface area contributed by atoms with Crippen LogP contribution in [0.5, 0.6) is 0 Å². The van der Waals surface area contributed by atoms with Crippen LogP contribution in [0.15, 0.2) is 18.2 Å². The van der Waals surface area contributed by atoms with Crippen LogP contribution in [0, 0.1) is 17.7 Å². The van der Waals surface area contributed by atoms with Gasteiger partial charge in [0.15, 0.2) is 0 Å². The molecule has 1 aliphatic heterocycles. The summed E-state index contributed by atoms with van der Waals surface area (Å²) in [5, 5.41) is 2.73. The van der Waals surface area contributed by atoms with Crippen molar-refractivity contribution in [2.24, 2.45) is 11.8 Å². The predicted molar refractivity (Wildman–Crippen MR) is 77.4 cm³/mol. The highest BCUT2D eigenvalue weighted by Crippen LogP contribution is 2.43. The summed E-state index contributed by atoms with van der Waals surface area (Å²) in [6.07, 6.45) is 4.42. The van der Waals surface area contributed by atoms with Crippen LogP contribution < -0.4 is 5.32 Å². The van der Waals surface area contributed by atoms with E-state index in [0.717, 1.165) is 25.7 Å². The second-order valence-corrected chi connectivity index (χ2v) is 6.43. The third-order valence-corrected chi connectivity index (χ3v) is 4.84. The average molecular weight is 310 g/mol. The van der Waals surface area contributed by atoms with Gasteiger partial charge in [-0.15, -0.1) is 0 Å². The lowest BCUT2D eigenvalue weighted by Gasteiger charge is -2.34. The Kier molecular flexibility index (Phi) is 3.98. The van der Waals surface area contributed by atoms with Gasteiger partial charge in [-0.2, -0.15) is 0 Å². The van der Waals surface area contributed by atoms with E-state index in [1.807, 2.05) is 0 Å². The van der Waals surface area contributed by atoms with Gasteiger partial charge in [-0.3, -0.25) is 14.9 Å². The molecule has 1 N–H and O–H groups in total. The first kappa shape index (κ1) is 14.5. The maximum atomic E-state index is 13.6. The van der Waals surface area contributed by atoms with Gasteiger partial charge in [0, 0.05) is 23.3 Å². The standard InChI is InChI=1S/C16H17ClFNO2/c17-11-5-10(6-12(18)7-11)13-8-14(20)19-16(21)15(13)9-3-1-2-4-9/h5-7,9,13,15H,1-4,8H2,(H,19,20,21). The number of hydrogen-bond donors (Lipinski definition) is 1. The first-order chi connectivity index (χ1) is 10.0. The molecular formula is C16H17ClFNO2. The molecule has 1 heterocycles. The van der Waals surface area contributed by atoms with Gasteiger partial charge in [0.1, 0.15) is 5.82 Å². The molecule has 112 valence electrons. The molecule has 2 atom stereocenters. The maximum absolute atomic E-state index is 13.6. The largest absolute Gasteiger partial charge is 0.296 e. The Morgan fingerprint density at radius 3 is 2.52 bits per heavy atom. The van der Waals surface area contributed by atoms with Crippen LogP contribution in [-0.4, -0.2) is 11.8 Å². The first-order valence-electron chi connectivity index (χ1n) is 7.34. The topological polar surface area (TPSA) is 46.2 Å². The Morgan fingerprint density at radius 1 is 1.14 bits per heavy atom. The quantitative estimate of drug-likeness (QED) is 0.851. The number of benzene rings is 1. The third kappa shape index (κ3) is 2.95. The number of piperidine rings is 1. The van der Waals surface area contributed by atoms with Crippen LogP contribution in [0.4, 0.5) is 4.39 Å². The molecule has 1 saturated carbocycles. The average Bonchev–Trinajstić information content (AvgIpc) is 2.90. The van der Waals surface area contributed by atoms with Gasteiger partial charge in [0.25, 0.3) is 0 Å². The first-order valence-corrected chi connectivity index (χ1v) is 7.72. The van der Waals surface area contributed by atoms with Gasteiger partial charge in [0.05, 0.1) is 0 Å². The zero-order valence-electron chi connectivity index (χ0n) is 11.6. The lowest BCUT2D eigenvalue weighted by Crippen LogP contribution is -2.47. The summed E-state index contributed by atoms with van der Waals surface area (Å²) < 4.78 is 13.6. The molecule has 1 aromatic carbocycles. The zero-order valence-corrected chi connectivity index (χ0v) is 12.3. The molecule has 0 bridgehead atoms. The van der Waals surface area contributed by atoms with Crippen LogP contribution in [0.2, 0.25) is 5.02 Å². The van der Waals surface area contributed by atoms with Gasteiger partial charge in [-0.05, 0) is 42.5 Å². The number of imide groups is 1. The Morgan fingerprint density at radius 2 is 1.86 bits per heavy atom. The van der Waals surface area contributed by atoms with Crippen molar-refractivity contribution < 1.29 is 14.0 Å². The molecule has 5 heteroatoms. The lowest BCUT2D eigenvalue weighted by atomic mass is 9.73. The van der Waals surface area contributed by atoms with Crippen molar-refractivity contribution in [1.29, 1.82) is 0 Å². The van der Waals surface area contributed by atoms with E-state index in [9.17, 15) is 14.0 Å². The van der Waals surface area contributed by atoms with Crippen molar-refractivity contribution in [3.63, 3.8) is 0 Å². The number of carbonyl (C=O) groups excluding carboxylic acids is 2. The molecular weight excluding hydrogens is 293 g/mol. The zero-order chi connectivity index (χ0) is 15.0. The summed E-state index contributed by atoms with van der Waals surface area (Å²) in [6.45, 7) is 0. The van der Waals surface area contributed by atoms with Crippen molar-refractivity contribution in [2.75, 3.05) is 0 Å². The molecule has 3 rings (SSSR count). The van der Waals surface area contributed by atoms with E-state index in [1.54, 1.807) is 6.07 Å². The molecule has 1 saturated heterocycles. The molecule has 2 unspecified atom stereocenters. The third-order valence-electron chi connectivity index (χ3n) is 4.62. The highest BCUT2D eigenvalue weighted by molar-refractivity contribution is 6.30. The summed E-state index contributed by atoms with van der Waals surface area (Å²) in [7, 11) is 0. The number of nitrogens with one attached hydrogen (secondary N) is 1. The van der Waals surface area contributed by atoms with Crippen molar-refractivity contribution in [1.82, 2.24) is 5.32 Å².